The molecule has 1 aromatic heterocycles. The van der Waals surface area contributed by atoms with E-state index in [1.807, 2.05) is 6.92 Å². The van der Waals surface area contributed by atoms with Crippen LogP contribution < -0.4 is 10.9 Å². The van der Waals surface area contributed by atoms with Crippen molar-refractivity contribution < 1.29 is 22.8 Å². The fourth-order valence-corrected chi connectivity index (χ4v) is 4.04. The number of sulfonamides is 1. The summed E-state index contributed by atoms with van der Waals surface area (Å²) in [6.45, 7) is 6.04. The Kier molecular flexibility index (Phi) is 6.60. The number of hydrogen-bond acceptors (Lipinski definition) is 5. The van der Waals surface area contributed by atoms with Crippen molar-refractivity contribution in [2.24, 2.45) is 0 Å². The number of H-pyrrole nitrogens is 1. The zero-order valence-corrected chi connectivity index (χ0v) is 17.7. The van der Waals surface area contributed by atoms with Gasteiger partial charge in [0.25, 0.3) is 11.8 Å². The van der Waals surface area contributed by atoms with E-state index >= 15 is 0 Å². The number of aryl methyl sites for hydroxylation is 2. The Morgan fingerprint density at radius 1 is 1.03 bits per heavy atom. The minimum absolute atomic E-state index is 0.0664. The Labute approximate surface area is 169 Å². The number of nitrogens with one attached hydrogen (secondary N) is 3. The first-order valence-electron chi connectivity index (χ1n) is 8.77. The SMILES string of the molecule is CC(=O)c1c(C)[nH]c(C(=O)NNC(=O)CN(C)S(=O)(=O)c2ccc(C)cc2)c1C. The standard InChI is InChI=1S/C19H24N4O5S/c1-11-6-8-15(9-7-11)29(27,28)23(5)10-16(25)21-22-19(26)18-12(2)17(14(4)24)13(3)20-18/h6-9,20H,10H2,1-5H3,(H,21,25)(H,22,26). The third-order valence-electron chi connectivity index (χ3n) is 4.43. The molecule has 0 bridgehead atoms. The molecule has 0 aliphatic rings. The lowest BCUT2D eigenvalue weighted by molar-refractivity contribution is -0.121. The van der Waals surface area contributed by atoms with Crippen molar-refractivity contribution in [2.75, 3.05) is 13.6 Å². The van der Waals surface area contributed by atoms with Crippen molar-refractivity contribution in [1.29, 1.82) is 0 Å². The van der Waals surface area contributed by atoms with Crippen LogP contribution in [0.25, 0.3) is 0 Å². The van der Waals surface area contributed by atoms with Crippen LogP contribution >= 0.6 is 0 Å². The Bertz CT molecular complexity index is 1060. The molecule has 1 aromatic carbocycles. The normalized spacial score (nSPS) is 11.4. The van der Waals surface area contributed by atoms with E-state index in [-0.39, 0.29) is 16.4 Å². The van der Waals surface area contributed by atoms with E-state index in [1.165, 1.54) is 26.1 Å². The number of Topliss-reactive ketones (excluding diaryl/α,β-unsaturated/α-hetero) is 1. The average molecular weight is 420 g/mol. The van der Waals surface area contributed by atoms with Gasteiger partial charge >= 0.3 is 0 Å². The summed E-state index contributed by atoms with van der Waals surface area (Å²) in [6, 6.07) is 6.25. The Morgan fingerprint density at radius 2 is 1.62 bits per heavy atom. The van der Waals surface area contributed by atoms with Gasteiger partial charge in [0.1, 0.15) is 5.69 Å². The molecular formula is C19H24N4O5S. The summed E-state index contributed by atoms with van der Waals surface area (Å²) in [5.41, 5.74) is 6.91. The molecule has 2 amide bonds. The number of rotatable bonds is 6. The van der Waals surface area contributed by atoms with Crippen molar-refractivity contribution in [2.45, 2.75) is 32.6 Å². The number of ketones is 1. The lowest BCUT2D eigenvalue weighted by Gasteiger charge is -2.17. The Balaban J connectivity index is 2.01. The maximum atomic E-state index is 12.5. The molecule has 0 radical (unpaired) electrons. The number of amides is 2. The van der Waals surface area contributed by atoms with Crippen LogP contribution in [-0.2, 0) is 14.8 Å². The van der Waals surface area contributed by atoms with Crippen LogP contribution in [0.3, 0.4) is 0 Å². The highest BCUT2D eigenvalue weighted by molar-refractivity contribution is 7.89. The molecule has 2 aromatic rings. The first-order valence-corrected chi connectivity index (χ1v) is 10.2. The van der Waals surface area contributed by atoms with Crippen LogP contribution in [0.4, 0.5) is 0 Å². The average Bonchev–Trinajstić information content (AvgIpc) is 2.94. The van der Waals surface area contributed by atoms with E-state index in [4.69, 9.17) is 0 Å². The summed E-state index contributed by atoms with van der Waals surface area (Å²) in [5.74, 6) is -1.54. The molecule has 0 unspecified atom stereocenters. The maximum absolute atomic E-state index is 12.5. The van der Waals surface area contributed by atoms with Crippen LogP contribution in [0.5, 0.6) is 0 Å². The molecule has 0 saturated carbocycles. The summed E-state index contributed by atoms with van der Waals surface area (Å²) in [6.07, 6.45) is 0. The summed E-state index contributed by atoms with van der Waals surface area (Å²) in [4.78, 5) is 38.9. The van der Waals surface area contributed by atoms with Crippen molar-refractivity contribution in [3.8, 4) is 0 Å². The third kappa shape index (κ3) is 4.90. The largest absolute Gasteiger partial charge is 0.354 e. The molecule has 10 heteroatoms. The highest BCUT2D eigenvalue weighted by Gasteiger charge is 2.24. The molecule has 0 aliphatic carbocycles. The fourth-order valence-electron chi connectivity index (χ4n) is 2.91. The predicted molar refractivity (Wildman–Crippen MR) is 107 cm³/mol. The number of nitrogens with zero attached hydrogens (tertiary/aromatic N) is 1. The van der Waals surface area contributed by atoms with Gasteiger partial charge in [0, 0.05) is 18.3 Å². The molecule has 3 N–H and O–H groups in total. The summed E-state index contributed by atoms with van der Waals surface area (Å²) >= 11 is 0. The molecule has 0 atom stereocenters. The van der Waals surface area contributed by atoms with Crippen LogP contribution in [0.15, 0.2) is 29.2 Å². The molecule has 9 nitrogen and oxygen atoms in total. The van der Waals surface area contributed by atoms with Gasteiger partial charge in [0.2, 0.25) is 10.0 Å². The van der Waals surface area contributed by atoms with Gasteiger partial charge in [0.05, 0.1) is 11.4 Å². The number of carbonyl (C=O) groups is 3. The van der Waals surface area contributed by atoms with Crippen LogP contribution in [0.1, 0.15) is 44.6 Å². The number of hydrazine groups is 1. The molecule has 2 rings (SSSR count). The molecule has 0 aliphatic heterocycles. The fraction of sp³-hybridized carbons (Fsp3) is 0.316. The Morgan fingerprint density at radius 3 is 2.14 bits per heavy atom. The van der Waals surface area contributed by atoms with Crippen LogP contribution in [0, 0.1) is 20.8 Å². The molecule has 0 saturated heterocycles. The van der Waals surface area contributed by atoms with Gasteiger partial charge in [-0.1, -0.05) is 17.7 Å². The number of hydrogen-bond donors (Lipinski definition) is 3. The number of aromatic amines is 1. The van der Waals surface area contributed by atoms with E-state index in [9.17, 15) is 22.8 Å². The summed E-state index contributed by atoms with van der Waals surface area (Å²) in [5, 5.41) is 0. The zero-order valence-electron chi connectivity index (χ0n) is 16.9. The second-order valence-electron chi connectivity index (χ2n) is 6.76. The van der Waals surface area contributed by atoms with E-state index < -0.39 is 28.4 Å². The summed E-state index contributed by atoms with van der Waals surface area (Å²) < 4.78 is 25.9. The first kappa shape index (κ1) is 22.3. The van der Waals surface area contributed by atoms with Crippen molar-refractivity contribution in [1.82, 2.24) is 20.1 Å². The van der Waals surface area contributed by atoms with Gasteiger partial charge in [-0.15, -0.1) is 0 Å². The number of aromatic nitrogens is 1. The van der Waals surface area contributed by atoms with Gasteiger partial charge in [-0.2, -0.15) is 4.31 Å². The van der Waals surface area contributed by atoms with Gasteiger partial charge in [-0.25, -0.2) is 8.42 Å². The van der Waals surface area contributed by atoms with E-state index in [0.717, 1.165) is 9.87 Å². The quantitative estimate of drug-likeness (QED) is 0.478. The minimum atomic E-state index is -3.84. The van der Waals surface area contributed by atoms with Crippen LogP contribution in [0.2, 0.25) is 0 Å². The predicted octanol–water partition coefficient (Wildman–Crippen LogP) is 1.22. The molecule has 29 heavy (non-hydrogen) atoms. The summed E-state index contributed by atoms with van der Waals surface area (Å²) in [7, 11) is -2.57. The van der Waals surface area contributed by atoms with Crippen molar-refractivity contribution >= 4 is 27.6 Å². The van der Waals surface area contributed by atoms with E-state index in [0.29, 0.717) is 16.8 Å². The third-order valence-corrected chi connectivity index (χ3v) is 6.25. The van der Waals surface area contributed by atoms with Gasteiger partial charge in [0.15, 0.2) is 5.78 Å². The molecule has 156 valence electrons. The van der Waals surface area contributed by atoms with E-state index in [2.05, 4.69) is 15.8 Å². The lowest BCUT2D eigenvalue weighted by atomic mass is 10.1. The highest BCUT2D eigenvalue weighted by atomic mass is 32.2. The lowest BCUT2D eigenvalue weighted by Crippen LogP contribution is -2.47. The van der Waals surface area contributed by atoms with E-state index in [1.54, 1.807) is 26.0 Å². The smallest absolute Gasteiger partial charge is 0.286 e. The second-order valence-corrected chi connectivity index (χ2v) is 8.80. The highest BCUT2D eigenvalue weighted by Crippen LogP contribution is 2.18. The number of benzene rings is 1. The van der Waals surface area contributed by atoms with Crippen molar-refractivity contribution in [3.05, 3.63) is 52.3 Å². The molecule has 0 fully saturated rings. The number of carbonyl (C=O) groups excluding carboxylic acids is 3. The van der Waals surface area contributed by atoms with Gasteiger partial charge in [-0.05, 0) is 45.4 Å². The first-order chi connectivity index (χ1) is 13.4. The molecular weight excluding hydrogens is 396 g/mol. The minimum Gasteiger partial charge on any atom is -0.354 e. The van der Waals surface area contributed by atoms with Gasteiger partial charge < -0.3 is 4.98 Å². The van der Waals surface area contributed by atoms with Crippen molar-refractivity contribution in [3.63, 3.8) is 0 Å². The van der Waals surface area contributed by atoms with Gasteiger partial charge in [-0.3, -0.25) is 25.2 Å². The molecule has 0 spiro atoms. The molecule has 1 heterocycles. The topological polar surface area (TPSA) is 128 Å². The maximum Gasteiger partial charge on any atom is 0.286 e. The second kappa shape index (κ2) is 8.58. The Hall–Kier alpha value is -2.98. The monoisotopic (exact) mass is 420 g/mol. The van der Waals surface area contributed by atoms with Crippen LogP contribution in [-0.4, -0.2) is 48.9 Å². The number of likely N-dealkylation sites (N-methyl/N-ethyl adjacent to an activating group) is 1. The zero-order chi connectivity index (χ0) is 21.9.